The SMILES string of the molecule is CCNC(=O)C(CC)N(Cc1ccc(Cl)c(Cl)c1)C(=O)CN(c1ccc(C)cc1)S(=O)(=O)c1ccc(OC)c(Br)c1. The molecular weight excluding hydrogens is 653 g/mol. The summed E-state index contributed by atoms with van der Waals surface area (Å²) in [5.74, 6) is -0.444. The van der Waals surface area contributed by atoms with Gasteiger partial charge in [0.2, 0.25) is 11.8 Å². The highest BCUT2D eigenvalue weighted by Gasteiger charge is 2.34. The Morgan fingerprint density at radius 2 is 1.68 bits per heavy atom. The third kappa shape index (κ3) is 7.94. The summed E-state index contributed by atoms with van der Waals surface area (Å²) in [7, 11) is -2.75. The monoisotopic (exact) mass is 683 g/mol. The van der Waals surface area contributed by atoms with Crippen LogP contribution in [0.1, 0.15) is 31.4 Å². The zero-order valence-corrected chi connectivity index (χ0v) is 27.1. The zero-order chi connectivity index (χ0) is 30.3. The van der Waals surface area contributed by atoms with Crippen LogP contribution in [0.2, 0.25) is 10.0 Å². The Morgan fingerprint density at radius 1 is 1.00 bits per heavy atom. The minimum Gasteiger partial charge on any atom is -0.496 e. The van der Waals surface area contributed by atoms with Gasteiger partial charge >= 0.3 is 0 Å². The molecule has 41 heavy (non-hydrogen) atoms. The lowest BCUT2D eigenvalue weighted by Crippen LogP contribution is -2.52. The van der Waals surface area contributed by atoms with E-state index in [0.717, 1.165) is 9.87 Å². The summed E-state index contributed by atoms with van der Waals surface area (Å²) in [4.78, 5) is 28.4. The molecule has 0 aliphatic carbocycles. The van der Waals surface area contributed by atoms with Gasteiger partial charge in [-0.1, -0.05) is 53.9 Å². The standard InChI is InChI=1S/C29H32BrCl2N3O5S/c1-5-26(29(37)33-6-2)34(17-20-9-13-24(31)25(32)15-20)28(36)18-35(21-10-7-19(3)8-11-21)41(38,39)22-12-14-27(40-4)23(30)16-22/h7-16,26H,5-6,17-18H2,1-4H3,(H,33,37). The summed E-state index contributed by atoms with van der Waals surface area (Å²) in [5.41, 5.74) is 1.86. The van der Waals surface area contributed by atoms with Gasteiger partial charge in [-0.2, -0.15) is 0 Å². The van der Waals surface area contributed by atoms with Crippen LogP contribution in [-0.2, 0) is 26.2 Å². The fourth-order valence-corrected chi connectivity index (χ4v) is 6.67. The summed E-state index contributed by atoms with van der Waals surface area (Å²) in [6.45, 7) is 5.30. The maximum absolute atomic E-state index is 14.1. The minimum atomic E-state index is -4.23. The van der Waals surface area contributed by atoms with Crippen LogP contribution in [0.3, 0.4) is 0 Å². The molecule has 1 atom stereocenters. The van der Waals surface area contributed by atoms with E-state index in [1.807, 2.05) is 6.92 Å². The Labute approximate surface area is 259 Å². The topological polar surface area (TPSA) is 96.0 Å². The normalized spacial score (nSPS) is 12.0. The fraction of sp³-hybridized carbons (Fsp3) is 0.310. The molecule has 220 valence electrons. The van der Waals surface area contributed by atoms with Gasteiger partial charge in [-0.25, -0.2) is 8.42 Å². The Balaban J connectivity index is 2.09. The molecule has 0 bridgehead atoms. The Kier molecular flexibility index (Phi) is 11.5. The lowest BCUT2D eigenvalue weighted by Gasteiger charge is -2.33. The molecule has 0 radical (unpaired) electrons. The summed E-state index contributed by atoms with van der Waals surface area (Å²) in [5, 5.41) is 3.43. The molecule has 0 aromatic heterocycles. The first-order valence-electron chi connectivity index (χ1n) is 12.9. The van der Waals surface area contributed by atoms with Gasteiger partial charge in [0.15, 0.2) is 0 Å². The van der Waals surface area contributed by atoms with Crippen LogP contribution in [0.4, 0.5) is 5.69 Å². The van der Waals surface area contributed by atoms with Crippen molar-refractivity contribution in [3.05, 3.63) is 86.3 Å². The van der Waals surface area contributed by atoms with E-state index in [1.165, 1.54) is 30.2 Å². The highest BCUT2D eigenvalue weighted by Crippen LogP contribution is 2.31. The van der Waals surface area contributed by atoms with E-state index < -0.39 is 28.5 Å². The van der Waals surface area contributed by atoms with Crippen LogP contribution < -0.4 is 14.4 Å². The van der Waals surface area contributed by atoms with Crippen molar-refractivity contribution in [3.8, 4) is 5.75 Å². The predicted octanol–water partition coefficient (Wildman–Crippen LogP) is 6.21. The zero-order valence-electron chi connectivity index (χ0n) is 23.2. The van der Waals surface area contributed by atoms with E-state index in [1.54, 1.807) is 56.3 Å². The third-order valence-electron chi connectivity index (χ3n) is 6.39. The number of aryl methyl sites for hydroxylation is 1. The summed E-state index contributed by atoms with van der Waals surface area (Å²) in [6.07, 6.45) is 0.307. The second kappa shape index (κ2) is 14.4. The molecule has 1 N–H and O–H groups in total. The average Bonchev–Trinajstić information content (AvgIpc) is 2.94. The van der Waals surface area contributed by atoms with E-state index in [-0.39, 0.29) is 17.3 Å². The molecule has 3 aromatic rings. The van der Waals surface area contributed by atoms with E-state index in [0.29, 0.717) is 44.5 Å². The highest BCUT2D eigenvalue weighted by molar-refractivity contribution is 9.10. The van der Waals surface area contributed by atoms with Crippen LogP contribution in [-0.4, -0.2) is 51.4 Å². The number of hydrogen-bond acceptors (Lipinski definition) is 5. The van der Waals surface area contributed by atoms with Crippen molar-refractivity contribution in [1.82, 2.24) is 10.2 Å². The maximum Gasteiger partial charge on any atom is 0.264 e. The van der Waals surface area contributed by atoms with Gasteiger partial charge in [-0.15, -0.1) is 0 Å². The number of sulfonamides is 1. The number of rotatable bonds is 12. The maximum atomic E-state index is 14.1. The van der Waals surface area contributed by atoms with Gasteiger partial charge in [0.05, 0.1) is 32.2 Å². The van der Waals surface area contributed by atoms with Crippen molar-refractivity contribution in [1.29, 1.82) is 0 Å². The molecule has 3 rings (SSSR count). The van der Waals surface area contributed by atoms with Crippen molar-refractivity contribution in [2.24, 2.45) is 0 Å². The molecule has 0 fully saturated rings. The van der Waals surface area contributed by atoms with Gasteiger partial charge in [-0.05, 0) is 84.2 Å². The Morgan fingerprint density at radius 3 is 2.24 bits per heavy atom. The number of amides is 2. The van der Waals surface area contributed by atoms with Crippen molar-refractivity contribution < 1.29 is 22.7 Å². The number of carbonyl (C=O) groups is 2. The van der Waals surface area contributed by atoms with Crippen molar-refractivity contribution in [2.45, 2.75) is 44.7 Å². The number of nitrogens with one attached hydrogen (secondary N) is 1. The summed E-state index contributed by atoms with van der Waals surface area (Å²) >= 11 is 15.7. The van der Waals surface area contributed by atoms with Crippen molar-refractivity contribution in [2.75, 3.05) is 24.5 Å². The summed E-state index contributed by atoms with van der Waals surface area (Å²) < 4.78 is 34.8. The number of benzene rings is 3. The average molecular weight is 685 g/mol. The number of likely N-dealkylation sites (N-methyl/N-ethyl adjacent to an activating group) is 1. The second-order valence-corrected chi connectivity index (χ2v) is 12.8. The van der Waals surface area contributed by atoms with E-state index in [9.17, 15) is 18.0 Å². The highest BCUT2D eigenvalue weighted by atomic mass is 79.9. The van der Waals surface area contributed by atoms with Gasteiger partial charge in [0, 0.05) is 13.1 Å². The molecule has 0 heterocycles. The van der Waals surface area contributed by atoms with Crippen LogP contribution in [0.15, 0.2) is 70.0 Å². The largest absolute Gasteiger partial charge is 0.496 e. The minimum absolute atomic E-state index is 0.0151. The third-order valence-corrected chi connectivity index (χ3v) is 9.51. The molecule has 0 saturated carbocycles. The number of methoxy groups -OCH3 is 1. The van der Waals surface area contributed by atoms with Gasteiger partial charge in [0.25, 0.3) is 10.0 Å². The van der Waals surface area contributed by atoms with Crippen LogP contribution >= 0.6 is 39.1 Å². The summed E-state index contributed by atoms with van der Waals surface area (Å²) in [6, 6.07) is 15.3. The molecular formula is C29H32BrCl2N3O5S. The number of hydrogen-bond donors (Lipinski definition) is 1. The number of halogens is 3. The Bertz CT molecular complexity index is 1500. The number of nitrogens with zero attached hydrogens (tertiary/aromatic N) is 2. The number of ether oxygens (including phenoxy) is 1. The van der Waals surface area contributed by atoms with E-state index >= 15 is 0 Å². The smallest absolute Gasteiger partial charge is 0.264 e. The lowest BCUT2D eigenvalue weighted by molar-refractivity contribution is -0.140. The van der Waals surface area contributed by atoms with Gasteiger partial charge < -0.3 is 15.0 Å². The quantitative estimate of drug-likeness (QED) is 0.245. The van der Waals surface area contributed by atoms with Gasteiger partial charge in [0.1, 0.15) is 18.3 Å². The number of carbonyl (C=O) groups excluding carboxylic acids is 2. The van der Waals surface area contributed by atoms with Gasteiger partial charge in [-0.3, -0.25) is 13.9 Å². The van der Waals surface area contributed by atoms with Crippen LogP contribution in [0.25, 0.3) is 0 Å². The van der Waals surface area contributed by atoms with E-state index in [2.05, 4.69) is 21.2 Å². The molecule has 1 unspecified atom stereocenters. The van der Waals surface area contributed by atoms with Crippen LogP contribution in [0, 0.1) is 6.92 Å². The van der Waals surface area contributed by atoms with Crippen LogP contribution in [0.5, 0.6) is 5.75 Å². The first-order valence-corrected chi connectivity index (χ1v) is 15.9. The lowest BCUT2D eigenvalue weighted by atomic mass is 10.1. The molecule has 2 amide bonds. The fourth-order valence-electron chi connectivity index (χ4n) is 4.22. The predicted molar refractivity (Wildman–Crippen MR) is 166 cm³/mol. The molecule has 12 heteroatoms. The first kappa shape index (κ1) is 32.7. The second-order valence-electron chi connectivity index (χ2n) is 9.23. The van der Waals surface area contributed by atoms with Crippen molar-refractivity contribution >= 4 is 66.7 Å². The molecule has 8 nitrogen and oxygen atoms in total. The molecule has 3 aromatic carbocycles. The molecule has 0 spiro atoms. The molecule has 0 saturated heterocycles. The Hall–Kier alpha value is -2.79. The molecule has 0 aliphatic rings. The molecule has 0 aliphatic heterocycles. The number of anilines is 1. The van der Waals surface area contributed by atoms with Crippen molar-refractivity contribution in [3.63, 3.8) is 0 Å². The first-order chi connectivity index (χ1) is 19.4. The van der Waals surface area contributed by atoms with E-state index in [4.69, 9.17) is 27.9 Å².